The first-order valence-electron chi connectivity index (χ1n) is 11.4. The van der Waals surface area contributed by atoms with Gasteiger partial charge in [0.25, 0.3) is 0 Å². The van der Waals surface area contributed by atoms with Crippen molar-refractivity contribution < 1.29 is 33.3 Å². The number of hydrazine groups is 1. The molecule has 14 heteroatoms. The highest BCUT2D eigenvalue weighted by Gasteiger charge is 2.50. The third kappa shape index (κ3) is 5.48. The monoisotopic (exact) mass is 512 g/mol. The van der Waals surface area contributed by atoms with Crippen LogP contribution in [0.5, 0.6) is 0 Å². The van der Waals surface area contributed by atoms with Gasteiger partial charge in [0.15, 0.2) is 35.4 Å². The highest BCUT2D eigenvalue weighted by molar-refractivity contribution is 6.28. The Morgan fingerprint density at radius 2 is 1.97 bits per heavy atom. The molecule has 2 saturated heterocycles. The molecule has 2 fully saturated rings. The number of esters is 2. The Morgan fingerprint density at radius 1 is 1.23 bits per heavy atom. The number of imidazole rings is 1. The number of ether oxygens (including phenoxy) is 5. The summed E-state index contributed by atoms with van der Waals surface area (Å²) in [6.07, 6.45) is -0.229. The molecule has 1 N–H and O–H groups in total. The van der Waals surface area contributed by atoms with Gasteiger partial charge in [-0.15, -0.1) is 0 Å². The molecule has 0 aromatic carbocycles. The molecule has 192 valence electrons. The van der Waals surface area contributed by atoms with Gasteiger partial charge in [0.1, 0.15) is 12.3 Å². The number of nitrogens with one attached hydrogen (secondary N) is 1. The molecule has 5 atom stereocenters. The number of hydrogen-bond acceptors (Lipinski definition) is 12. The Balaban J connectivity index is 1.70. The summed E-state index contributed by atoms with van der Waals surface area (Å²) in [7, 11) is 1.49. The molecule has 0 saturated carbocycles. The van der Waals surface area contributed by atoms with Crippen molar-refractivity contribution in [3.8, 4) is 0 Å². The molecule has 2 aliphatic rings. The van der Waals surface area contributed by atoms with E-state index in [1.54, 1.807) is 4.57 Å². The van der Waals surface area contributed by atoms with E-state index in [1.807, 2.05) is 11.9 Å². The summed E-state index contributed by atoms with van der Waals surface area (Å²) in [6.45, 7) is 5.93. The van der Waals surface area contributed by atoms with Gasteiger partial charge in [-0.25, -0.2) is 4.98 Å². The van der Waals surface area contributed by atoms with E-state index in [4.69, 9.17) is 35.3 Å². The average Bonchev–Trinajstić information content (AvgIpc) is 3.48. The van der Waals surface area contributed by atoms with Gasteiger partial charge in [-0.3, -0.25) is 19.6 Å². The molecule has 0 spiro atoms. The molecule has 2 aromatic rings. The highest BCUT2D eigenvalue weighted by atomic mass is 35.5. The number of nitrogens with zero attached hydrogens (tertiary/aromatic N) is 5. The SMILES string of the molecule is CCO[C@H]1CCCN1Nc1nc(Cl)nc2c1ncn2[C@@H]1O[C@H](COC)[C@@H](OC(C)=O)[C@H]1OC(C)=O. The smallest absolute Gasteiger partial charge is 0.303 e. The summed E-state index contributed by atoms with van der Waals surface area (Å²) in [6, 6.07) is 0. The predicted molar refractivity (Wildman–Crippen MR) is 122 cm³/mol. The summed E-state index contributed by atoms with van der Waals surface area (Å²) in [5, 5.41) is 1.93. The van der Waals surface area contributed by atoms with Crippen LogP contribution in [0.1, 0.15) is 39.8 Å². The van der Waals surface area contributed by atoms with Crippen molar-refractivity contribution in [1.29, 1.82) is 0 Å². The Kier molecular flexibility index (Phi) is 8.02. The predicted octanol–water partition coefficient (Wildman–Crippen LogP) is 1.67. The Morgan fingerprint density at radius 3 is 2.66 bits per heavy atom. The second kappa shape index (κ2) is 11.0. The van der Waals surface area contributed by atoms with Gasteiger partial charge in [0.2, 0.25) is 5.28 Å². The second-order valence-electron chi connectivity index (χ2n) is 8.19. The van der Waals surface area contributed by atoms with Crippen LogP contribution >= 0.6 is 11.6 Å². The lowest BCUT2D eigenvalue weighted by Gasteiger charge is -2.25. The number of aromatic nitrogens is 4. The van der Waals surface area contributed by atoms with Crippen molar-refractivity contribution in [3.63, 3.8) is 0 Å². The largest absolute Gasteiger partial charge is 0.456 e. The number of methoxy groups -OCH3 is 1. The van der Waals surface area contributed by atoms with Crippen molar-refractivity contribution in [2.75, 3.05) is 32.3 Å². The molecule has 0 aliphatic carbocycles. The lowest BCUT2D eigenvalue weighted by Crippen LogP contribution is -2.40. The fraction of sp³-hybridized carbons (Fsp3) is 0.667. The van der Waals surface area contributed by atoms with E-state index in [2.05, 4.69) is 20.4 Å². The number of halogens is 1. The summed E-state index contributed by atoms with van der Waals surface area (Å²) in [5.74, 6) is -0.703. The van der Waals surface area contributed by atoms with Crippen molar-refractivity contribution in [1.82, 2.24) is 24.5 Å². The molecule has 2 aliphatic heterocycles. The minimum atomic E-state index is -0.972. The standard InChI is InChI=1S/C21H29ClN6O7/c1-5-32-14-7-6-8-28(14)26-18-15-19(25-21(22)24-18)27(10-23-15)20-17(34-12(3)30)16(33-11(2)29)13(35-20)9-31-4/h10,13-14,16-17,20H,5-9H2,1-4H3,(H,24,25,26)/t13-,14+,16-,17-,20-/m1/s1. The van der Waals surface area contributed by atoms with Crippen molar-refractivity contribution in [2.24, 2.45) is 0 Å². The van der Waals surface area contributed by atoms with Crippen LogP contribution in [-0.2, 0) is 33.3 Å². The van der Waals surface area contributed by atoms with Gasteiger partial charge in [-0.2, -0.15) is 15.0 Å². The summed E-state index contributed by atoms with van der Waals surface area (Å²) >= 11 is 6.27. The highest BCUT2D eigenvalue weighted by Crippen LogP contribution is 2.37. The Hall–Kier alpha value is -2.58. The second-order valence-corrected chi connectivity index (χ2v) is 8.53. The number of carbonyl (C=O) groups excluding carboxylic acids is 2. The maximum atomic E-state index is 11.9. The zero-order valence-corrected chi connectivity index (χ0v) is 20.7. The zero-order valence-electron chi connectivity index (χ0n) is 20.0. The summed E-state index contributed by atoms with van der Waals surface area (Å²) < 4.78 is 29.7. The number of rotatable bonds is 9. The molecule has 4 rings (SSSR count). The minimum Gasteiger partial charge on any atom is -0.456 e. The summed E-state index contributed by atoms with van der Waals surface area (Å²) in [5.41, 5.74) is 4.03. The first-order chi connectivity index (χ1) is 16.8. The van der Waals surface area contributed by atoms with Crippen molar-refractivity contribution in [3.05, 3.63) is 11.6 Å². The minimum absolute atomic E-state index is 0.0130. The van der Waals surface area contributed by atoms with Crippen LogP contribution in [0.25, 0.3) is 11.2 Å². The molecular weight excluding hydrogens is 484 g/mol. The third-order valence-corrected chi connectivity index (χ3v) is 5.86. The summed E-state index contributed by atoms with van der Waals surface area (Å²) in [4.78, 5) is 36.8. The maximum Gasteiger partial charge on any atom is 0.303 e. The number of carbonyl (C=O) groups is 2. The fourth-order valence-corrected chi connectivity index (χ4v) is 4.57. The molecule has 0 unspecified atom stereocenters. The molecule has 0 amide bonds. The molecular formula is C21H29ClN6O7. The van der Waals surface area contributed by atoms with Crippen LogP contribution in [0.4, 0.5) is 5.82 Å². The van der Waals surface area contributed by atoms with E-state index in [9.17, 15) is 9.59 Å². The first kappa shape index (κ1) is 25.5. The van der Waals surface area contributed by atoms with Gasteiger partial charge in [-0.1, -0.05) is 0 Å². The topological polar surface area (TPSA) is 139 Å². The number of hydrogen-bond donors (Lipinski definition) is 1. The van der Waals surface area contributed by atoms with E-state index in [-0.39, 0.29) is 18.1 Å². The molecule has 35 heavy (non-hydrogen) atoms. The van der Waals surface area contributed by atoms with Gasteiger partial charge in [0, 0.05) is 34.1 Å². The van der Waals surface area contributed by atoms with E-state index < -0.39 is 36.5 Å². The first-order valence-corrected chi connectivity index (χ1v) is 11.7. The van der Waals surface area contributed by atoms with Crippen LogP contribution < -0.4 is 5.43 Å². The molecule has 13 nitrogen and oxygen atoms in total. The van der Waals surface area contributed by atoms with Gasteiger partial charge in [-0.05, 0) is 31.4 Å². The molecule has 0 radical (unpaired) electrons. The molecule has 4 heterocycles. The number of anilines is 1. The maximum absolute atomic E-state index is 11.9. The normalized spacial score (nSPS) is 26.8. The van der Waals surface area contributed by atoms with E-state index in [0.717, 1.165) is 19.4 Å². The molecule has 2 aromatic heterocycles. The number of fused-ring (bicyclic) bond motifs is 1. The Bertz CT molecular complexity index is 1070. The van der Waals surface area contributed by atoms with Crippen LogP contribution in [0.2, 0.25) is 5.28 Å². The zero-order chi connectivity index (χ0) is 25.1. The van der Waals surface area contributed by atoms with E-state index in [0.29, 0.717) is 23.6 Å². The quantitative estimate of drug-likeness (QED) is 0.386. The van der Waals surface area contributed by atoms with Gasteiger partial charge < -0.3 is 23.7 Å². The molecule has 0 bridgehead atoms. The van der Waals surface area contributed by atoms with Crippen LogP contribution in [0.3, 0.4) is 0 Å². The van der Waals surface area contributed by atoms with Gasteiger partial charge in [0.05, 0.1) is 12.9 Å². The van der Waals surface area contributed by atoms with Crippen molar-refractivity contribution >= 4 is 40.5 Å². The van der Waals surface area contributed by atoms with E-state index in [1.165, 1.54) is 27.3 Å². The van der Waals surface area contributed by atoms with Crippen LogP contribution in [-0.4, -0.2) is 87.9 Å². The lowest BCUT2D eigenvalue weighted by molar-refractivity contribution is -0.165. The van der Waals surface area contributed by atoms with E-state index >= 15 is 0 Å². The van der Waals surface area contributed by atoms with Crippen molar-refractivity contribution in [2.45, 2.75) is 64.4 Å². The third-order valence-electron chi connectivity index (χ3n) is 5.70. The lowest BCUT2D eigenvalue weighted by atomic mass is 10.1. The fourth-order valence-electron chi connectivity index (χ4n) is 4.40. The van der Waals surface area contributed by atoms with Gasteiger partial charge >= 0.3 is 11.9 Å². The van der Waals surface area contributed by atoms with Crippen LogP contribution in [0, 0.1) is 0 Å². The Labute approximate surface area is 206 Å². The van der Waals surface area contributed by atoms with Crippen LogP contribution in [0.15, 0.2) is 6.33 Å². The average molecular weight is 513 g/mol.